The minimum atomic E-state index is -0.198. The summed E-state index contributed by atoms with van der Waals surface area (Å²) in [5.74, 6) is -0.198. The molecule has 0 unspecified atom stereocenters. The number of aryl methyl sites for hydroxylation is 1. The fraction of sp³-hybridized carbons (Fsp3) is 0.333. The summed E-state index contributed by atoms with van der Waals surface area (Å²) in [6.07, 6.45) is 3.31. The molecule has 14 heavy (non-hydrogen) atoms. The SMILES string of the molecule is C=CC[C@H](N)c1ccc(F)cc1CC. The predicted molar refractivity (Wildman–Crippen MR) is 57.5 cm³/mol. The molecule has 1 nitrogen and oxygen atoms in total. The van der Waals surface area contributed by atoms with Gasteiger partial charge in [-0.05, 0) is 36.1 Å². The zero-order chi connectivity index (χ0) is 10.6. The Morgan fingerprint density at radius 1 is 1.57 bits per heavy atom. The van der Waals surface area contributed by atoms with Crippen LogP contribution >= 0.6 is 0 Å². The van der Waals surface area contributed by atoms with Gasteiger partial charge in [-0.15, -0.1) is 6.58 Å². The molecule has 0 aliphatic carbocycles. The normalized spacial score (nSPS) is 12.5. The maximum absolute atomic E-state index is 12.9. The van der Waals surface area contributed by atoms with E-state index in [1.807, 2.05) is 6.92 Å². The summed E-state index contributed by atoms with van der Waals surface area (Å²) < 4.78 is 12.9. The first-order chi connectivity index (χ1) is 6.69. The van der Waals surface area contributed by atoms with Crippen molar-refractivity contribution in [3.8, 4) is 0 Å². The fourth-order valence-electron chi connectivity index (χ4n) is 1.55. The third-order valence-electron chi connectivity index (χ3n) is 2.31. The lowest BCUT2D eigenvalue weighted by Gasteiger charge is -2.14. The molecular weight excluding hydrogens is 177 g/mol. The molecule has 1 atom stereocenters. The summed E-state index contributed by atoms with van der Waals surface area (Å²) in [5, 5.41) is 0. The van der Waals surface area contributed by atoms with Crippen LogP contribution in [0.2, 0.25) is 0 Å². The predicted octanol–water partition coefficient (Wildman–Crippen LogP) is 2.96. The van der Waals surface area contributed by atoms with Crippen LogP contribution in [0.25, 0.3) is 0 Å². The minimum absolute atomic E-state index is 0.0666. The van der Waals surface area contributed by atoms with Crippen LogP contribution in [0.3, 0.4) is 0 Å². The maximum Gasteiger partial charge on any atom is 0.123 e. The molecule has 0 aromatic heterocycles. The second-order valence-corrected chi connectivity index (χ2v) is 3.33. The standard InChI is InChI=1S/C12H16FN/c1-3-5-12(14)11-7-6-10(13)8-9(11)4-2/h3,6-8,12H,1,4-5,14H2,2H3/t12-/m0/s1. The van der Waals surface area contributed by atoms with Gasteiger partial charge in [0.15, 0.2) is 0 Å². The highest BCUT2D eigenvalue weighted by molar-refractivity contribution is 5.30. The molecule has 1 aromatic rings. The first-order valence-electron chi connectivity index (χ1n) is 4.83. The van der Waals surface area contributed by atoms with E-state index in [0.717, 1.165) is 24.0 Å². The van der Waals surface area contributed by atoms with Crippen LogP contribution in [0.4, 0.5) is 4.39 Å². The molecule has 0 aliphatic heterocycles. The molecule has 0 bridgehead atoms. The van der Waals surface area contributed by atoms with Gasteiger partial charge in [0.1, 0.15) is 5.82 Å². The monoisotopic (exact) mass is 193 g/mol. The van der Waals surface area contributed by atoms with Gasteiger partial charge in [0.25, 0.3) is 0 Å². The zero-order valence-electron chi connectivity index (χ0n) is 8.46. The van der Waals surface area contributed by atoms with Crippen LogP contribution in [0.1, 0.15) is 30.5 Å². The minimum Gasteiger partial charge on any atom is -0.324 e. The molecule has 0 saturated heterocycles. The molecule has 2 heteroatoms. The average molecular weight is 193 g/mol. The van der Waals surface area contributed by atoms with E-state index in [1.165, 1.54) is 6.07 Å². The molecule has 0 saturated carbocycles. The maximum atomic E-state index is 12.9. The number of hydrogen-bond acceptors (Lipinski definition) is 1. The van der Waals surface area contributed by atoms with Gasteiger partial charge in [-0.1, -0.05) is 19.1 Å². The van der Waals surface area contributed by atoms with E-state index in [-0.39, 0.29) is 11.9 Å². The molecule has 0 amide bonds. The van der Waals surface area contributed by atoms with Crippen molar-refractivity contribution in [1.29, 1.82) is 0 Å². The Balaban J connectivity index is 3.00. The lowest BCUT2D eigenvalue weighted by molar-refractivity contribution is 0.621. The first kappa shape index (κ1) is 10.9. The zero-order valence-corrected chi connectivity index (χ0v) is 8.46. The molecule has 1 rings (SSSR count). The molecule has 0 heterocycles. The molecule has 0 fully saturated rings. The van der Waals surface area contributed by atoms with Crippen LogP contribution in [0.15, 0.2) is 30.9 Å². The van der Waals surface area contributed by atoms with E-state index in [9.17, 15) is 4.39 Å². The van der Waals surface area contributed by atoms with Crippen LogP contribution in [-0.4, -0.2) is 0 Å². The van der Waals surface area contributed by atoms with Gasteiger partial charge in [0, 0.05) is 6.04 Å². The molecule has 0 spiro atoms. The number of benzene rings is 1. The van der Waals surface area contributed by atoms with Crippen molar-refractivity contribution in [2.75, 3.05) is 0 Å². The topological polar surface area (TPSA) is 26.0 Å². The van der Waals surface area contributed by atoms with Gasteiger partial charge in [-0.2, -0.15) is 0 Å². The molecule has 2 N–H and O–H groups in total. The van der Waals surface area contributed by atoms with E-state index in [0.29, 0.717) is 0 Å². The second kappa shape index (κ2) is 4.91. The Hall–Kier alpha value is -1.15. The van der Waals surface area contributed by atoms with Crippen LogP contribution < -0.4 is 5.73 Å². The number of halogens is 1. The summed E-state index contributed by atoms with van der Waals surface area (Å²) in [5.41, 5.74) is 7.95. The number of hydrogen-bond donors (Lipinski definition) is 1. The summed E-state index contributed by atoms with van der Waals surface area (Å²) in [6.45, 7) is 5.64. The Morgan fingerprint density at radius 2 is 2.29 bits per heavy atom. The summed E-state index contributed by atoms with van der Waals surface area (Å²) >= 11 is 0. The Kier molecular flexibility index (Phi) is 3.84. The molecule has 0 aliphatic rings. The van der Waals surface area contributed by atoms with Crippen molar-refractivity contribution in [1.82, 2.24) is 0 Å². The average Bonchev–Trinajstić information content (AvgIpc) is 2.17. The first-order valence-corrected chi connectivity index (χ1v) is 4.83. The summed E-state index contributed by atoms with van der Waals surface area (Å²) in [4.78, 5) is 0. The van der Waals surface area contributed by atoms with E-state index < -0.39 is 0 Å². The van der Waals surface area contributed by atoms with Crippen molar-refractivity contribution in [3.05, 3.63) is 47.8 Å². The van der Waals surface area contributed by atoms with Gasteiger partial charge in [0.05, 0.1) is 0 Å². The highest BCUT2D eigenvalue weighted by Crippen LogP contribution is 2.20. The number of nitrogens with two attached hydrogens (primary N) is 1. The van der Waals surface area contributed by atoms with Gasteiger partial charge >= 0.3 is 0 Å². The lowest BCUT2D eigenvalue weighted by atomic mass is 9.97. The highest BCUT2D eigenvalue weighted by atomic mass is 19.1. The van der Waals surface area contributed by atoms with Crippen LogP contribution in [-0.2, 0) is 6.42 Å². The van der Waals surface area contributed by atoms with Gasteiger partial charge in [-0.25, -0.2) is 4.39 Å². The Labute approximate surface area is 84.4 Å². The van der Waals surface area contributed by atoms with Crippen molar-refractivity contribution in [2.24, 2.45) is 5.73 Å². The lowest BCUT2D eigenvalue weighted by Crippen LogP contribution is -2.11. The van der Waals surface area contributed by atoms with Crippen LogP contribution in [0, 0.1) is 5.82 Å². The molecular formula is C12H16FN. The number of rotatable bonds is 4. The highest BCUT2D eigenvalue weighted by Gasteiger charge is 2.09. The van der Waals surface area contributed by atoms with Gasteiger partial charge in [-0.3, -0.25) is 0 Å². The summed E-state index contributed by atoms with van der Waals surface area (Å²) in [6, 6.07) is 4.71. The third-order valence-corrected chi connectivity index (χ3v) is 2.31. The molecule has 0 radical (unpaired) electrons. The second-order valence-electron chi connectivity index (χ2n) is 3.33. The van der Waals surface area contributed by atoms with E-state index in [2.05, 4.69) is 6.58 Å². The van der Waals surface area contributed by atoms with Crippen molar-refractivity contribution >= 4 is 0 Å². The van der Waals surface area contributed by atoms with E-state index >= 15 is 0 Å². The molecule has 1 aromatic carbocycles. The Bertz CT molecular complexity index is 320. The quantitative estimate of drug-likeness (QED) is 0.731. The van der Waals surface area contributed by atoms with Gasteiger partial charge < -0.3 is 5.73 Å². The van der Waals surface area contributed by atoms with Crippen molar-refractivity contribution in [2.45, 2.75) is 25.8 Å². The van der Waals surface area contributed by atoms with E-state index in [1.54, 1.807) is 18.2 Å². The third kappa shape index (κ3) is 2.42. The van der Waals surface area contributed by atoms with E-state index in [4.69, 9.17) is 5.73 Å². The van der Waals surface area contributed by atoms with Crippen LogP contribution in [0.5, 0.6) is 0 Å². The van der Waals surface area contributed by atoms with Crippen molar-refractivity contribution < 1.29 is 4.39 Å². The van der Waals surface area contributed by atoms with Gasteiger partial charge in [0.2, 0.25) is 0 Å². The van der Waals surface area contributed by atoms with Crippen molar-refractivity contribution in [3.63, 3.8) is 0 Å². The fourth-order valence-corrected chi connectivity index (χ4v) is 1.55. The summed E-state index contributed by atoms with van der Waals surface area (Å²) in [7, 11) is 0. The Morgan fingerprint density at radius 3 is 2.86 bits per heavy atom. The molecule has 76 valence electrons. The smallest absolute Gasteiger partial charge is 0.123 e. The largest absolute Gasteiger partial charge is 0.324 e.